The molecule has 4 nitrogen and oxygen atoms in total. The molecule has 0 radical (unpaired) electrons. The average Bonchev–Trinajstić information content (AvgIpc) is 2.34. The topological polar surface area (TPSA) is 54.9 Å². The smallest absolute Gasteiger partial charge is 0.257 e. The van der Waals surface area contributed by atoms with Crippen molar-refractivity contribution < 1.29 is 4.79 Å². The van der Waals surface area contributed by atoms with Crippen molar-refractivity contribution >= 4 is 46.4 Å². The quantitative estimate of drug-likeness (QED) is 0.852. The molecule has 19 heavy (non-hydrogen) atoms. The third kappa shape index (κ3) is 3.15. The summed E-state index contributed by atoms with van der Waals surface area (Å²) in [4.78, 5) is 19.8. The number of anilines is 1. The van der Waals surface area contributed by atoms with Gasteiger partial charge in [0.25, 0.3) is 5.91 Å². The Bertz CT molecular complexity index is 623. The Morgan fingerprint density at radius 1 is 1.32 bits per heavy atom. The summed E-state index contributed by atoms with van der Waals surface area (Å²) in [6.45, 7) is 1.77. The first-order valence-electron chi connectivity index (χ1n) is 5.22. The van der Waals surface area contributed by atoms with Gasteiger partial charge in [-0.3, -0.25) is 9.78 Å². The Morgan fingerprint density at radius 2 is 2.05 bits per heavy atom. The van der Waals surface area contributed by atoms with Gasteiger partial charge >= 0.3 is 0 Å². The van der Waals surface area contributed by atoms with Gasteiger partial charge in [-0.2, -0.15) is 0 Å². The maximum absolute atomic E-state index is 12.1. The molecule has 0 saturated carbocycles. The molecule has 0 aliphatic carbocycles. The van der Waals surface area contributed by atoms with Gasteiger partial charge in [0.1, 0.15) is 5.15 Å². The van der Waals surface area contributed by atoms with Crippen LogP contribution in [0.4, 0.5) is 5.69 Å². The van der Waals surface area contributed by atoms with Gasteiger partial charge in [-0.25, -0.2) is 4.98 Å². The van der Waals surface area contributed by atoms with E-state index in [0.717, 1.165) is 0 Å². The van der Waals surface area contributed by atoms with Crippen LogP contribution in [0.2, 0.25) is 15.3 Å². The molecule has 0 saturated heterocycles. The predicted octanol–water partition coefficient (Wildman–Crippen LogP) is 4.00. The molecule has 0 aliphatic heterocycles. The van der Waals surface area contributed by atoms with E-state index >= 15 is 0 Å². The maximum atomic E-state index is 12.1. The van der Waals surface area contributed by atoms with E-state index in [4.69, 9.17) is 34.8 Å². The minimum atomic E-state index is -0.387. The highest BCUT2D eigenvalue weighted by atomic mass is 35.5. The highest BCUT2D eigenvalue weighted by Crippen LogP contribution is 2.27. The molecule has 2 heterocycles. The Balaban J connectivity index is 2.32. The van der Waals surface area contributed by atoms with Gasteiger partial charge in [-0.05, 0) is 24.6 Å². The first-order chi connectivity index (χ1) is 8.99. The van der Waals surface area contributed by atoms with Crippen LogP contribution in [0.3, 0.4) is 0 Å². The van der Waals surface area contributed by atoms with E-state index in [9.17, 15) is 4.79 Å². The monoisotopic (exact) mass is 315 g/mol. The molecule has 98 valence electrons. The third-order valence-electron chi connectivity index (χ3n) is 2.40. The van der Waals surface area contributed by atoms with E-state index in [0.29, 0.717) is 16.8 Å². The van der Waals surface area contributed by atoms with Crippen LogP contribution in [0.5, 0.6) is 0 Å². The molecule has 0 atom stereocenters. The Hall–Kier alpha value is -1.36. The zero-order valence-electron chi connectivity index (χ0n) is 9.75. The predicted molar refractivity (Wildman–Crippen MR) is 76.2 cm³/mol. The van der Waals surface area contributed by atoms with Crippen molar-refractivity contribution in [2.24, 2.45) is 0 Å². The molecule has 1 amide bonds. The van der Waals surface area contributed by atoms with E-state index in [1.54, 1.807) is 13.0 Å². The van der Waals surface area contributed by atoms with Gasteiger partial charge in [-0.1, -0.05) is 34.8 Å². The fourth-order valence-electron chi connectivity index (χ4n) is 1.49. The van der Waals surface area contributed by atoms with Crippen molar-refractivity contribution in [3.8, 4) is 0 Å². The van der Waals surface area contributed by atoms with Crippen LogP contribution in [-0.4, -0.2) is 15.9 Å². The number of nitrogens with zero attached hydrogens (tertiary/aromatic N) is 2. The molecular formula is C12H8Cl3N3O. The summed E-state index contributed by atoms with van der Waals surface area (Å²) in [6.07, 6.45) is 2.88. The maximum Gasteiger partial charge on any atom is 0.257 e. The number of pyridine rings is 2. The van der Waals surface area contributed by atoms with Gasteiger partial charge < -0.3 is 5.32 Å². The number of halogens is 3. The molecule has 0 aromatic carbocycles. The van der Waals surface area contributed by atoms with Crippen molar-refractivity contribution in [2.75, 3.05) is 5.32 Å². The highest BCUT2D eigenvalue weighted by Gasteiger charge is 2.14. The number of rotatable bonds is 2. The van der Waals surface area contributed by atoms with Crippen molar-refractivity contribution in [1.82, 2.24) is 9.97 Å². The summed E-state index contributed by atoms with van der Waals surface area (Å²) in [6, 6.07) is 3.13. The van der Waals surface area contributed by atoms with Gasteiger partial charge in [0.2, 0.25) is 0 Å². The largest absolute Gasteiger partial charge is 0.319 e. The second-order valence-electron chi connectivity index (χ2n) is 3.74. The SMILES string of the molecule is Cc1cc(Cl)nc(Cl)c1NC(=O)c1ccncc1Cl. The van der Waals surface area contributed by atoms with Crippen LogP contribution in [0.1, 0.15) is 15.9 Å². The van der Waals surface area contributed by atoms with E-state index in [1.165, 1.54) is 18.5 Å². The lowest BCUT2D eigenvalue weighted by Crippen LogP contribution is -2.14. The molecule has 0 aliphatic rings. The number of carbonyl (C=O) groups is 1. The van der Waals surface area contributed by atoms with Crippen LogP contribution in [0, 0.1) is 6.92 Å². The zero-order valence-corrected chi connectivity index (χ0v) is 12.0. The lowest BCUT2D eigenvalue weighted by molar-refractivity contribution is 0.102. The summed E-state index contributed by atoms with van der Waals surface area (Å²) >= 11 is 17.6. The van der Waals surface area contributed by atoms with Crippen molar-refractivity contribution in [1.29, 1.82) is 0 Å². The summed E-state index contributed by atoms with van der Waals surface area (Å²) in [5.41, 5.74) is 1.43. The van der Waals surface area contributed by atoms with E-state index in [1.807, 2.05) is 0 Å². The van der Waals surface area contributed by atoms with Crippen LogP contribution < -0.4 is 5.32 Å². The van der Waals surface area contributed by atoms with Crippen LogP contribution in [0.25, 0.3) is 0 Å². The molecule has 0 unspecified atom stereocenters. The zero-order chi connectivity index (χ0) is 14.0. The van der Waals surface area contributed by atoms with Crippen molar-refractivity contribution in [3.05, 3.63) is 51.0 Å². The number of nitrogens with one attached hydrogen (secondary N) is 1. The normalized spacial score (nSPS) is 10.3. The summed E-state index contributed by atoms with van der Waals surface area (Å²) in [5.74, 6) is -0.387. The summed E-state index contributed by atoms with van der Waals surface area (Å²) < 4.78 is 0. The lowest BCUT2D eigenvalue weighted by atomic mass is 10.2. The number of aryl methyl sites for hydroxylation is 1. The highest BCUT2D eigenvalue weighted by molar-refractivity contribution is 6.36. The third-order valence-corrected chi connectivity index (χ3v) is 3.17. The van der Waals surface area contributed by atoms with Crippen molar-refractivity contribution in [3.63, 3.8) is 0 Å². The number of amides is 1. The molecule has 0 bridgehead atoms. The van der Waals surface area contributed by atoms with Crippen LogP contribution in [-0.2, 0) is 0 Å². The number of hydrogen-bond acceptors (Lipinski definition) is 3. The Labute approximate surface area is 124 Å². The minimum Gasteiger partial charge on any atom is -0.319 e. The fourth-order valence-corrected chi connectivity index (χ4v) is 2.27. The first kappa shape index (κ1) is 14.1. The molecule has 7 heteroatoms. The van der Waals surface area contributed by atoms with Crippen LogP contribution in [0.15, 0.2) is 24.5 Å². The number of hydrogen-bond donors (Lipinski definition) is 1. The second kappa shape index (κ2) is 5.74. The van der Waals surface area contributed by atoms with Crippen molar-refractivity contribution in [2.45, 2.75) is 6.92 Å². The molecule has 2 aromatic rings. The van der Waals surface area contributed by atoms with Gasteiger partial charge in [-0.15, -0.1) is 0 Å². The van der Waals surface area contributed by atoms with Gasteiger partial charge in [0.05, 0.1) is 16.3 Å². The van der Waals surface area contributed by atoms with Gasteiger partial charge in [0, 0.05) is 12.4 Å². The number of carbonyl (C=O) groups excluding carboxylic acids is 1. The number of aromatic nitrogens is 2. The summed E-state index contributed by atoms with van der Waals surface area (Å²) in [7, 11) is 0. The first-order valence-corrected chi connectivity index (χ1v) is 6.36. The Kier molecular flexibility index (Phi) is 4.24. The van der Waals surface area contributed by atoms with E-state index in [2.05, 4.69) is 15.3 Å². The summed E-state index contributed by atoms with van der Waals surface area (Å²) in [5, 5.41) is 3.31. The van der Waals surface area contributed by atoms with Crippen LogP contribution >= 0.6 is 34.8 Å². The lowest BCUT2D eigenvalue weighted by Gasteiger charge is -2.10. The van der Waals surface area contributed by atoms with Gasteiger partial charge in [0.15, 0.2) is 5.15 Å². The molecule has 0 fully saturated rings. The van der Waals surface area contributed by atoms with E-state index in [-0.39, 0.29) is 21.2 Å². The average molecular weight is 317 g/mol. The molecular weight excluding hydrogens is 309 g/mol. The molecule has 2 aromatic heterocycles. The Morgan fingerprint density at radius 3 is 2.68 bits per heavy atom. The molecule has 1 N–H and O–H groups in total. The molecule has 0 spiro atoms. The minimum absolute atomic E-state index is 0.128. The van der Waals surface area contributed by atoms with E-state index < -0.39 is 0 Å². The standard InChI is InChI=1S/C12H8Cl3N3O/c1-6-4-9(14)17-11(15)10(6)18-12(19)7-2-3-16-5-8(7)13/h2-5H,1H3,(H,18,19). The molecule has 2 rings (SSSR count). The fraction of sp³-hybridized carbons (Fsp3) is 0.0833. The second-order valence-corrected chi connectivity index (χ2v) is 4.89.